The molecule has 1 aromatic heterocycles. The van der Waals surface area contributed by atoms with E-state index in [9.17, 15) is 9.59 Å². The summed E-state index contributed by atoms with van der Waals surface area (Å²) in [7, 11) is 0. The summed E-state index contributed by atoms with van der Waals surface area (Å²) < 4.78 is 11.1. The maximum Gasteiger partial charge on any atom is 0.412 e. The molecule has 1 aromatic carbocycles. The van der Waals surface area contributed by atoms with Gasteiger partial charge in [-0.05, 0) is 45.9 Å². The van der Waals surface area contributed by atoms with Gasteiger partial charge in [0.15, 0.2) is 6.29 Å². The largest absolute Gasteiger partial charge is 0.483 e. The lowest BCUT2D eigenvalue weighted by atomic mass is 10.1. The van der Waals surface area contributed by atoms with Crippen molar-refractivity contribution in [2.45, 2.75) is 39.4 Å². The standard InChI is InChI=1S/C19H21ClN2O4/c1-12(15-7-5-6-8-21-15)25-17-10-16(13(11-23)9-14(17)20)22-18(24)26-19(2,3)4/h5-12H,1-4H3,(H,22,24). The summed E-state index contributed by atoms with van der Waals surface area (Å²) in [5.41, 5.74) is 0.537. The molecule has 0 aliphatic carbocycles. The number of benzene rings is 1. The highest BCUT2D eigenvalue weighted by molar-refractivity contribution is 6.32. The molecule has 0 saturated carbocycles. The molecular formula is C19H21ClN2O4. The van der Waals surface area contributed by atoms with E-state index in [2.05, 4.69) is 10.3 Å². The van der Waals surface area contributed by atoms with Gasteiger partial charge in [-0.15, -0.1) is 0 Å². The zero-order valence-corrected chi connectivity index (χ0v) is 15.8. The highest BCUT2D eigenvalue weighted by Gasteiger charge is 2.19. The molecule has 1 amide bonds. The number of hydrogen-bond donors (Lipinski definition) is 1. The minimum atomic E-state index is -0.674. The van der Waals surface area contributed by atoms with Gasteiger partial charge in [0.25, 0.3) is 0 Å². The number of aldehydes is 1. The average molecular weight is 377 g/mol. The second-order valence-electron chi connectivity index (χ2n) is 6.63. The molecule has 2 rings (SSSR count). The Morgan fingerprint density at radius 1 is 1.31 bits per heavy atom. The van der Waals surface area contributed by atoms with Gasteiger partial charge in [-0.25, -0.2) is 4.79 Å². The molecule has 0 saturated heterocycles. The van der Waals surface area contributed by atoms with Gasteiger partial charge >= 0.3 is 6.09 Å². The summed E-state index contributed by atoms with van der Waals surface area (Å²) in [6.45, 7) is 7.07. The van der Waals surface area contributed by atoms with Crippen LogP contribution in [0.2, 0.25) is 5.02 Å². The molecule has 2 aromatic rings. The predicted octanol–water partition coefficient (Wildman–Crippen LogP) is 5.03. The number of anilines is 1. The Labute approximate surface area is 157 Å². The average Bonchev–Trinajstić information content (AvgIpc) is 2.56. The number of rotatable bonds is 5. The van der Waals surface area contributed by atoms with Crippen molar-refractivity contribution >= 4 is 29.7 Å². The molecule has 1 N–H and O–H groups in total. The second-order valence-corrected chi connectivity index (χ2v) is 7.04. The first-order valence-electron chi connectivity index (χ1n) is 8.06. The molecular weight excluding hydrogens is 356 g/mol. The van der Waals surface area contributed by atoms with Crippen LogP contribution in [0.5, 0.6) is 5.75 Å². The number of aromatic nitrogens is 1. The number of ether oxygens (including phenoxy) is 2. The first kappa shape index (κ1) is 19.7. The molecule has 0 aliphatic rings. The molecule has 26 heavy (non-hydrogen) atoms. The third kappa shape index (κ3) is 5.46. The zero-order chi connectivity index (χ0) is 19.3. The molecule has 7 heteroatoms. The number of nitrogens with zero attached hydrogens (tertiary/aromatic N) is 1. The monoisotopic (exact) mass is 376 g/mol. The van der Waals surface area contributed by atoms with Crippen LogP contribution in [0.1, 0.15) is 49.9 Å². The Balaban J connectivity index is 2.25. The molecule has 1 atom stereocenters. The number of halogens is 1. The van der Waals surface area contributed by atoms with Crippen molar-refractivity contribution in [1.82, 2.24) is 4.98 Å². The van der Waals surface area contributed by atoms with E-state index in [-0.39, 0.29) is 22.4 Å². The van der Waals surface area contributed by atoms with Gasteiger partial charge in [-0.3, -0.25) is 15.1 Å². The molecule has 0 bridgehead atoms. The lowest BCUT2D eigenvalue weighted by molar-refractivity contribution is 0.0636. The Hall–Kier alpha value is -2.60. The van der Waals surface area contributed by atoms with Gasteiger partial charge in [0, 0.05) is 17.8 Å². The van der Waals surface area contributed by atoms with Crippen molar-refractivity contribution in [2.24, 2.45) is 0 Å². The number of pyridine rings is 1. The minimum Gasteiger partial charge on any atom is -0.483 e. The summed E-state index contributed by atoms with van der Waals surface area (Å²) in [5.74, 6) is 0.321. The van der Waals surface area contributed by atoms with Crippen LogP contribution in [0, 0.1) is 0 Å². The molecule has 0 aliphatic heterocycles. The quantitative estimate of drug-likeness (QED) is 0.740. The van der Waals surface area contributed by atoms with Crippen molar-refractivity contribution in [3.05, 3.63) is 52.8 Å². The Morgan fingerprint density at radius 3 is 2.62 bits per heavy atom. The lowest BCUT2D eigenvalue weighted by Gasteiger charge is -2.21. The minimum absolute atomic E-state index is 0.221. The first-order chi connectivity index (χ1) is 12.2. The molecule has 138 valence electrons. The number of amides is 1. The number of carbonyl (C=O) groups is 2. The van der Waals surface area contributed by atoms with Crippen molar-refractivity contribution in [1.29, 1.82) is 0 Å². The van der Waals surface area contributed by atoms with Crippen LogP contribution in [-0.4, -0.2) is 23.0 Å². The summed E-state index contributed by atoms with van der Waals surface area (Å²) in [5, 5.41) is 2.81. The normalized spacial score (nSPS) is 12.2. The lowest BCUT2D eigenvalue weighted by Crippen LogP contribution is -2.27. The summed E-state index contributed by atoms with van der Waals surface area (Å²) >= 11 is 6.21. The highest BCUT2D eigenvalue weighted by atomic mass is 35.5. The van der Waals surface area contributed by atoms with Crippen LogP contribution in [0.25, 0.3) is 0 Å². The Bertz CT molecular complexity index is 788. The number of carbonyl (C=O) groups excluding carboxylic acids is 2. The van der Waals surface area contributed by atoms with Crippen LogP contribution in [0.3, 0.4) is 0 Å². The smallest absolute Gasteiger partial charge is 0.412 e. The fourth-order valence-electron chi connectivity index (χ4n) is 2.15. The van der Waals surface area contributed by atoms with Crippen LogP contribution >= 0.6 is 11.6 Å². The summed E-state index contributed by atoms with van der Waals surface area (Å²) in [4.78, 5) is 27.5. The maximum absolute atomic E-state index is 12.0. The fourth-order valence-corrected chi connectivity index (χ4v) is 2.36. The van der Waals surface area contributed by atoms with E-state index in [1.54, 1.807) is 27.0 Å². The van der Waals surface area contributed by atoms with E-state index in [0.717, 1.165) is 5.69 Å². The molecule has 0 radical (unpaired) electrons. The molecule has 6 nitrogen and oxygen atoms in total. The fraction of sp³-hybridized carbons (Fsp3) is 0.316. The van der Waals surface area contributed by atoms with Gasteiger partial charge in [-0.2, -0.15) is 0 Å². The number of hydrogen-bond acceptors (Lipinski definition) is 5. The molecule has 0 fully saturated rings. The third-order valence-corrected chi connectivity index (χ3v) is 3.57. The maximum atomic E-state index is 12.0. The van der Waals surface area contributed by atoms with E-state index in [0.29, 0.717) is 12.0 Å². The van der Waals surface area contributed by atoms with E-state index in [1.807, 2.05) is 25.1 Å². The highest BCUT2D eigenvalue weighted by Crippen LogP contribution is 2.33. The van der Waals surface area contributed by atoms with E-state index < -0.39 is 11.7 Å². The third-order valence-electron chi connectivity index (χ3n) is 3.27. The van der Waals surface area contributed by atoms with Crippen molar-refractivity contribution in [2.75, 3.05) is 5.32 Å². The van der Waals surface area contributed by atoms with Crippen molar-refractivity contribution in [3.8, 4) is 5.75 Å². The molecule has 1 heterocycles. The molecule has 1 unspecified atom stereocenters. The SMILES string of the molecule is CC(Oc1cc(NC(=O)OC(C)(C)C)c(C=O)cc1Cl)c1ccccn1. The van der Waals surface area contributed by atoms with Crippen LogP contribution in [-0.2, 0) is 4.74 Å². The van der Waals surface area contributed by atoms with E-state index in [1.165, 1.54) is 12.1 Å². The van der Waals surface area contributed by atoms with Gasteiger partial charge in [0.2, 0.25) is 0 Å². The van der Waals surface area contributed by atoms with Crippen LogP contribution < -0.4 is 10.1 Å². The first-order valence-corrected chi connectivity index (χ1v) is 8.43. The van der Waals surface area contributed by atoms with Crippen LogP contribution in [0.4, 0.5) is 10.5 Å². The summed E-state index contributed by atoms with van der Waals surface area (Å²) in [6, 6.07) is 8.43. The second kappa shape index (κ2) is 8.19. The van der Waals surface area contributed by atoms with Crippen molar-refractivity contribution < 1.29 is 19.1 Å². The van der Waals surface area contributed by atoms with E-state index >= 15 is 0 Å². The van der Waals surface area contributed by atoms with Crippen molar-refractivity contribution in [3.63, 3.8) is 0 Å². The Morgan fingerprint density at radius 2 is 2.04 bits per heavy atom. The topological polar surface area (TPSA) is 77.5 Å². The van der Waals surface area contributed by atoms with Gasteiger partial charge < -0.3 is 9.47 Å². The van der Waals surface area contributed by atoms with E-state index in [4.69, 9.17) is 21.1 Å². The molecule has 0 spiro atoms. The summed E-state index contributed by atoms with van der Waals surface area (Å²) in [6.07, 6.45) is 1.23. The number of nitrogens with one attached hydrogen (secondary N) is 1. The predicted molar refractivity (Wildman–Crippen MR) is 100.0 cm³/mol. The Kier molecular flexibility index (Phi) is 6.21. The zero-order valence-electron chi connectivity index (χ0n) is 15.1. The van der Waals surface area contributed by atoms with Gasteiger partial charge in [0.05, 0.1) is 16.4 Å². The van der Waals surface area contributed by atoms with Crippen LogP contribution in [0.15, 0.2) is 36.5 Å². The van der Waals surface area contributed by atoms with Gasteiger partial charge in [0.1, 0.15) is 17.5 Å². The van der Waals surface area contributed by atoms with Gasteiger partial charge in [-0.1, -0.05) is 17.7 Å².